The lowest BCUT2D eigenvalue weighted by atomic mass is 10.2. The molecule has 0 amide bonds. The molecule has 1 aromatic carbocycles. The Hall–Kier alpha value is -1.29. The van der Waals surface area contributed by atoms with Gasteiger partial charge in [-0.1, -0.05) is 49.0 Å². The van der Waals surface area contributed by atoms with E-state index in [2.05, 4.69) is 4.99 Å². The summed E-state index contributed by atoms with van der Waals surface area (Å²) in [7, 11) is 0. The summed E-state index contributed by atoms with van der Waals surface area (Å²) in [5.41, 5.74) is 1.09. The molecule has 0 saturated heterocycles. The molecule has 4 heteroatoms. The second-order valence-electron chi connectivity index (χ2n) is 3.26. The molecule has 0 aromatic heterocycles. The van der Waals surface area contributed by atoms with Crippen molar-refractivity contribution in [3.05, 3.63) is 35.9 Å². The molecule has 3 nitrogen and oxygen atoms in total. The van der Waals surface area contributed by atoms with Gasteiger partial charge in [-0.05, 0) is 18.2 Å². The van der Waals surface area contributed by atoms with Crippen LogP contribution < -0.4 is 0 Å². The molecule has 0 fully saturated rings. The summed E-state index contributed by atoms with van der Waals surface area (Å²) in [6.07, 6.45) is 0. The number of hydrogen-bond acceptors (Lipinski definition) is 4. The number of carbonyl (C=O) groups is 1. The Morgan fingerprint density at radius 1 is 1.29 bits per heavy atom. The Balaban J connectivity index is 2.67. The molecule has 0 bridgehead atoms. The minimum atomic E-state index is -0.324. The number of nitrogens with zero attached hydrogens (tertiary/aromatic N) is 1. The van der Waals surface area contributed by atoms with Gasteiger partial charge in [-0.3, -0.25) is 4.99 Å². The molecular formula is C13H17NO2S. The molecule has 0 heterocycles. The highest BCUT2D eigenvalue weighted by molar-refractivity contribution is 8.15. The third-order valence-corrected chi connectivity index (χ3v) is 2.84. The fourth-order valence-electron chi connectivity index (χ4n) is 1.25. The normalized spacial score (nSPS) is 11.3. The van der Waals surface area contributed by atoms with E-state index in [1.807, 2.05) is 37.3 Å². The first-order valence-electron chi connectivity index (χ1n) is 5.66. The highest BCUT2D eigenvalue weighted by atomic mass is 32.2. The first-order chi connectivity index (χ1) is 8.27. The van der Waals surface area contributed by atoms with E-state index in [1.165, 1.54) is 11.8 Å². The minimum absolute atomic E-state index is 0.324. The van der Waals surface area contributed by atoms with Crippen LogP contribution in [0.2, 0.25) is 0 Å². The summed E-state index contributed by atoms with van der Waals surface area (Å²) < 4.78 is 4.95. The van der Waals surface area contributed by atoms with Gasteiger partial charge in [0.25, 0.3) is 0 Å². The van der Waals surface area contributed by atoms with Crippen molar-refractivity contribution >= 4 is 22.8 Å². The molecule has 0 aliphatic heterocycles. The predicted octanol–water partition coefficient (Wildman–Crippen LogP) is 2.90. The quantitative estimate of drug-likeness (QED) is 0.469. The second kappa shape index (κ2) is 7.90. The molecule has 0 unspecified atom stereocenters. The number of aliphatic imine (C=N–C) groups is 1. The SMILES string of the molecule is CCOC(=O)C(=NCc1ccccc1)SCC. The Kier molecular flexibility index (Phi) is 6.40. The van der Waals surface area contributed by atoms with Crippen molar-refractivity contribution in [2.24, 2.45) is 4.99 Å². The van der Waals surface area contributed by atoms with Crippen LogP contribution in [0, 0.1) is 0 Å². The zero-order valence-corrected chi connectivity index (χ0v) is 11.0. The number of rotatable bonds is 4. The lowest BCUT2D eigenvalue weighted by molar-refractivity contribution is -0.134. The van der Waals surface area contributed by atoms with Crippen molar-refractivity contribution in [1.29, 1.82) is 0 Å². The van der Waals surface area contributed by atoms with Gasteiger partial charge in [-0.2, -0.15) is 0 Å². The van der Waals surface area contributed by atoms with E-state index in [4.69, 9.17) is 4.74 Å². The van der Waals surface area contributed by atoms with Crippen LogP contribution in [0.1, 0.15) is 19.4 Å². The van der Waals surface area contributed by atoms with Crippen molar-refractivity contribution in [1.82, 2.24) is 0 Å². The van der Waals surface area contributed by atoms with Crippen molar-refractivity contribution in [3.63, 3.8) is 0 Å². The lowest BCUT2D eigenvalue weighted by Gasteiger charge is -2.04. The summed E-state index contributed by atoms with van der Waals surface area (Å²) in [5.74, 6) is 0.488. The van der Waals surface area contributed by atoms with Gasteiger partial charge in [0.05, 0.1) is 13.2 Å². The summed E-state index contributed by atoms with van der Waals surface area (Å²) in [6, 6.07) is 9.86. The number of carbonyl (C=O) groups excluding carboxylic acids is 1. The van der Waals surface area contributed by atoms with Crippen molar-refractivity contribution < 1.29 is 9.53 Å². The average molecular weight is 251 g/mol. The molecule has 1 rings (SSSR count). The highest BCUT2D eigenvalue weighted by Gasteiger charge is 2.11. The van der Waals surface area contributed by atoms with Crippen LogP contribution in [-0.4, -0.2) is 23.4 Å². The van der Waals surface area contributed by atoms with Crippen molar-refractivity contribution in [2.45, 2.75) is 20.4 Å². The molecule has 1 aromatic rings. The third kappa shape index (κ3) is 5.04. The molecular weight excluding hydrogens is 234 g/mol. The van der Waals surface area contributed by atoms with Crippen LogP contribution in [0.25, 0.3) is 0 Å². The summed E-state index contributed by atoms with van der Waals surface area (Å²) >= 11 is 1.42. The maximum Gasteiger partial charge on any atom is 0.363 e. The fourth-order valence-corrected chi connectivity index (χ4v) is 1.85. The third-order valence-electron chi connectivity index (χ3n) is 1.98. The van der Waals surface area contributed by atoms with Crippen molar-refractivity contribution in [2.75, 3.05) is 12.4 Å². The van der Waals surface area contributed by atoms with Gasteiger partial charge < -0.3 is 4.74 Å². The first-order valence-corrected chi connectivity index (χ1v) is 6.64. The van der Waals surface area contributed by atoms with Gasteiger partial charge >= 0.3 is 5.97 Å². The maximum atomic E-state index is 11.6. The number of ether oxygens (including phenoxy) is 1. The van der Waals surface area contributed by atoms with Gasteiger partial charge in [0.1, 0.15) is 0 Å². The topological polar surface area (TPSA) is 38.7 Å². The summed E-state index contributed by atoms with van der Waals surface area (Å²) in [6.45, 7) is 4.68. The Bertz CT molecular complexity index is 376. The van der Waals surface area contributed by atoms with E-state index in [0.717, 1.165) is 11.3 Å². The predicted molar refractivity (Wildman–Crippen MR) is 72.3 cm³/mol. The van der Waals surface area contributed by atoms with Crippen LogP contribution in [0.15, 0.2) is 35.3 Å². The smallest absolute Gasteiger partial charge is 0.363 e. The van der Waals surface area contributed by atoms with Gasteiger partial charge in [0.15, 0.2) is 5.04 Å². The summed E-state index contributed by atoms with van der Waals surface area (Å²) in [4.78, 5) is 15.9. The van der Waals surface area contributed by atoms with Gasteiger partial charge in [0.2, 0.25) is 0 Å². The fraction of sp³-hybridized carbons (Fsp3) is 0.385. The number of hydrogen-bond donors (Lipinski definition) is 0. The Labute approximate surface area is 106 Å². The Morgan fingerprint density at radius 2 is 2.00 bits per heavy atom. The highest BCUT2D eigenvalue weighted by Crippen LogP contribution is 2.08. The monoisotopic (exact) mass is 251 g/mol. The van der Waals surface area contributed by atoms with E-state index in [1.54, 1.807) is 6.92 Å². The van der Waals surface area contributed by atoms with E-state index in [9.17, 15) is 4.79 Å². The minimum Gasteiger partial charge on any atom is -0.461 e. The molecule has 0 N–H and O–H groups in total. The van der Waals surface area contributed by atoms with Gasteiger partial charge in [0, 0.05) is 0 Å². The van der Waals surface area contributed by atoms with Gasteiger partial charge in [-0.25, -0.2) is 4.79 Å². The van der Waals surface area contributed by atoms with Crippen LogP contribution in [0.4, 0.5) is 0 Å². The molecule has 0 spiro atoms. The van der Waals surface area contributed by atoms with Crippen molar-refractivity contribution in [3.8, 4) is 0 Å². The van der Waals surface area contributed by atoms with E-state index in [-0.39, 0.29) is 5.97 Å². The number of thioether (sulfide) groups is 1. The molecule has 0 aliphatic rings. The Morgan fingerprint density at radius 3 is 2.59 bits per heavy atom. The van der Waals surface area contributed by atoms with E-state index < -0.39 is 0 Å². The molecule has 0 atom stereocenters. The molecule has 0 saturated carbocycles. The maximum absolute atomic E-state index is 11.6. The van der Waals surface area contributed by atoms with Gasteiger partial charge in [-0.15, -0.1) is 0 Å². The molecule has 0 aliphatic carbocycles. The largest absolute Gasteiger partial charge is 0.461 e. The number of benzene rings is 1. The molecule has 92 valence electrons. The first kappa shape index (κ1) is 13.8. The summed E-state index contributed by atoms with van der Waals surface area (Å²) in [5, 5.41) is 0.457. The molecule has 17 heavy (non-hydrogen) atoms. The van der Waals surface area contributed by atoms with Crippen LogP contribution in [-0.2, 0) is 16.1 Å². The zero-order valence-electron chi connectivity index (χ0n) is 10.2. The number of esters is 1. The molecule has 0 radical (unpaired) electrons. The standard InChI is InChI=1S/C13H17NO2S/c1-3-16-13(15)12(17-4-2)14-10-11-8-6-5-7-9-11/h5-9H,3-4,10H2,1-2H3. The lowest BCUT2D eigenvalue weighted by Crippen LogP contribution is -2.15. The van der Waals surface area contributed by atoms with E-state index >= 15 is 0 Å². The van der Waals surface area contributed by atoms with Crippen LogP contribution in [0.3, 0.4) is 0 Å². The average Bonchev–Trinajstić information content (AvgIpc) is 2.36. The second-order valence-corrected chi connectivity index (χ2v) is 4.51. The van der Waals surface area contributed by atoms with E-state index in [0.29, 0.717) is 18.2 Å². The zero-order chi connectivity index (χ0) is 12.5. The van der Waals surface area contributed by atoms with Crippen LogP contribution in [0.5, 0.6) is 0 Å². The van der Waals surface area contributed by atoms with Crippen LogP contribution >= 0.6 is 11.8 Å².